The number of hydrazine groups is 1. The predicted molar refractivity (Wildman–Crippen MR) is 135 cm³/mol. The van der Waals surface area contributed by atoms with Crippen molar-refractivity contribution in [2.24, 2.45) is 5.84 Å². The van der Waals surface area contributed by atoms with Crippen LogP contribution in [0.15, 0.2) is 30.6 Å². The minimum absolute atomic E-state index is 0.0557. The number of nitrogen functional groups attached to an aromatic ring is 1. The number of nitrogens with two attached hydrogens (primary N) is 2. The van der Waals surface area contributed by atoms with Gasteiger partial charge in [-0.15, -0.1) is 0 Å². The lowest BCUT2D eigenvalue weighted by Gasteiger charge is -2.09. The molecule has 8 N–H and O–H groups in total. The Morgan fingerprint density at radius 3 is 2.45 bits per heavy atom. The van der Waals surface area contributed by atoms with Crippen molar-refractivity contribution in [1.29, 1.82) is 0 Å². The van der Waals surface area contributed by atoms with Crippen molar-refractivity contribution < 1.29 is 28.6 Å². The Balaban J connectivity index is 1.25. The Hall–Kier alpha value is -4.50. The van der Waals surface area contributed by atoms with Gasteiger partial charge < -0.3 is 35.6 Å². The minimum Gasteiger partial charge on any atom is -0.471 e. The lowest BCUT2D eigenvalue weighted by molar-refractivity contribution is -0.122. The Labute approximate surface area is 218 Å². The number of ether oxygens (including phenoxy) is 3. The number of amides is 3. The van der Waals surface area contributed by atoms with Gasteiger partial charge in [0.1, 0.15) is 13.2 Å². The molecule has 15 nitrogen and oxygen atoms in total. The van der Waals surface area contributed by atoms with Crippen molar-refractivity contribution in [2.75, 3.05) is 32.1 Å². The number of hydrogen-bond acceptors (Lipinski definition) is 11. The summed E-state index contributed by atoms with van der Waals surface area (Å²) in [6.07, 6.45) is 1.64. The maximum Gasteiger partial charge on any atom is 0.421 e. The molecular formula is C23H31N9O6. The fourth-order valence-electron chi connectivity index (χ4n) is 3.22. The van der Waals surface area contributed by atoms with Crippen LogP contribution in [0, 0.1) is 0 Å². The van der Waals surface area contributed by atoms with Gasteiger partial charge in [-0.3, -0.25) is 15.0 Å². The maximum absolute atomic E-state index is 12.1. The van der Waals surface area contributed by atoms with Crippen LogP contribution in [0.2, 0.25) is 0 Å². The summed E-state index contributed by atoms with van der Waals surface area (Å²) in [7, 11) is 0. The highest BCUT2D eigenvalue weighted by atomic mass is 16.6. The lowest BCUT2D eigenvalue weighted by Crippen LogP contribution is -2.32. The molecule has 1 aromatic carbocycles. The van der Waals surface area contributed by atoms with Crippen LogP contribution in [0.3, 0.4) is 0 Å². The van der Waals surface area contributed by atoms with Crippen LogP contribution in [0.5, 0.6) is 5.88 Å². The minimum atomic E-state index is -0.743. The number of imidazole rings is 1. The van der Waals surface area contributed by atoms with Gasteiger partial charge in [0.05, 0.1) is 19.5 Å². The first-order valence-corrected chi connectivity index (χ1v) is 11.9. The number of carbonyl (C=O) groups excluding carboxylic acids is 3. The quantitative estimate of drug-likeness (QED) is 0.0667. The average Bonchev–Trinajstić information content (AvgIpc) is 3.39. The molecule has 3 aromatic rings. The number of aromatic nitrogens is 4. The van der Waals surface area contributed by atoms with E-state index < -0.39 is 6.09 Å². The molecule has 0 unspecified atom stereocenters. The Morgan fingerprint density at radius 1 is 0.947 bits per heavy atom. The zero-order chi connectivity index (χ0) is 27.2. The third kappa shape index (κ3) is 9.51. The van der Waals surface area contributed by atoms with E-state index >= 15 is 0 Å². The molecule has 2 heterocycles. The van der Waals surface area contributed by atoms with Gasteiger partial charge in [-0.1, -0.05) is 24.3 Å². The summed E-state index contributed by atoms with van der Waals surface area (Å²) in [5, 5.41) is 5.54. The van der Waals surface area contributed by atoms with Crippen LogP contribution in [0.4, 0.5) is 10.7 Å². The molecule has 0 saturated heterocycles. The number of fused-ring (bicyclic) bond motifs is 1. The van der Waals surface area contributed by atoms with E-state index in [0.717, 1.165) is 11.1 Å². The van der Waals surface area contributed by atoms with Gasteiger partial charge in [0.2, 0.25) is 23.6 Å². The summed E-state index contributed by atoms with van der Waals surface area (Å²) in [6, 6.07) is 7.58. The van der Waals surface area contributed by atoms with Crippen LogP contribution < -0.4 is 32.4 Å². The normalized spacial score (nSPS) is 10.7. The van der Waals surface area contributed by atoms with E-state index in [4.69, 9.17) is 21.1 Å². The molecule has 0 aliphatic rings. The van der Waals surface area contributed by atoms with Crippen molar-refractivity contribution in [3.05, 3.63) is 41.7 Å². The zero-order valence-electron chi connectivity index (χ0n) is 20.7. The van der Waals surface area contributed by atoms with Gasteiger partial charge in [0.25, 0.3) is 0 Å². The molecule has 204 valence electrons. The second-order valence-corrected chi connectivity index (χ2v) is 7.96. The van der Waals surface area contributed by atoms with E-state index in [-0.39, 0.29) is 57.0 Å². The predicted octanol–water partition coefficient (Wildman–Crippen LogP) is 0.0333. The molecule has 0 aliphatic carbocycles. The third-order valence-corrected chi connectivity index (χ3v) is 5.11. The first kappa shape index (κ1) is 28.1. The number of hydrogen-bond donors (Lipinski definition) is 6. The van der Waals surface area contributed by atoms with Gasteiger partial charge in [-0.25, -0.2) is 15.6 Å². The Bertz CT molecular complexity index is 1200. The molecule has 0 bridgehead atoms. The van der Waals surface area contributed by atoms with Crippen molar-refractivity contribution in [3.63, 3.8) is 0 Å². The number of carbonyl (C=O) groups is 3. The number of benzene rings is 1. The molecule has 15 heteroatoms. The van der Waals surface area contributed by atoms with Crippen LogP contribution in [0.1, 0.15) is 30.4 Å². The number of rotatable bonds is 15. The topological polar surface area (TPSA) is 221 Å². The number of anilines is 1. The highest BCUT2D eigenvalue weighted by Crippen LogP contribution is 2.20. The van der Waals surface area contributed by atoms with E-state index in [1.165, 1.54) is 6.33 Å². The molecule has 0 radical (unpaired) electrons. The van der Waals surface area contributed by atoms with Gasteiger partial charge >= 0.3 is 6.09 Å². The number of nitrogens with one attached hydrogen (secondary N) is 4. The van der Waals surface area contributed by atoms with E-state index in [1.807, 2.05) is 29.7 Å². The summed E-state index contributed by atoms with van der Waals surface area (Å²) in [5.41, 5.74) is 10.4. The third-order valence-electron chi connectivity index (χ3n) is 5.11. The summed E-state index contributed by atoms with van der Waals surface area (Å²) < 4.78 is 15.6. The van der Waals surface area contributed by atoms with Gasteiger partial charge in [0.15, 0.2) is 11.2 Å². The van der Waals surface area contributed by atoms with Crippen LogP contribution in [-0.4, -0.2) is 64.2 Å². The SMILES string of the molecule is NNC(=O)OCCOCCNC(=O)CCCC(=O)NCc1ccc(COc2nc(N)nc3[nH]cnc23)cc1. The van der Waals surface area contributed by atoms with Gasteiger partial charge in [-0.2, -0.15) is 9.97 Å². The van der Waals surface area contributed by atoms with Crippen LogP contribution in [0.25, 0.3) is 11.2 Å². The molecule has 0 atom stereocenters. The molecule has 0 spiro atoms. The Morgan fingerprint density at radius 2 is 1.68 bits per heavy atom. The maximum atomic E-state index is 12.1. The number of nitrogens with zero attached hydrogens (tertiary/aromatic N) is 3. The van der Waals surface area contributed by atoms with Crippen molar-refractivity contribution >= 4 is 35.0 Å². The van der Waals surface area contributed by atoms with Crippen molar-refractivity contribution in [2.45, 2.75) is 32.4 Å². The molecule has 0 fully saturated rings. The zero-order valence-corrected chi connectivity index (χ0v) is 20.7. The number of aromatic amines is 1. The fraction of sp³-hybridized carbons (Fsp3) is 0.391. The highest BCUT2D eigenvalue weighted by molar-refractivity contribution is 5.79. The van der Waals surface area contributed by atoms with Crippen molar-refractivity contribution in [1.82, 2.24) is 36.0 Å². The standard InChI is InChI=1S/C23H31N9O6/c24-22-30-20-19(28-14-29-20)21(31-22)38-13-16-6-4-15(5-7-16)12-27-18(34)3-1-2-17(33)26-8-9-36-10-11-37-23(35)32-25/h4-7,14H,1-3,8-13,25H2,(H,26,33)(H,27,34)(H,32,35)(H3,24,28,29,30,31). The van der Waals surface area contributed by atoms with Gasteiger partial charge in [0, 0.05) is 25.9 Å². The summed E-state index contributed by atoms with van der Waals surface area (Å²) in [5.74, 6) is 4.94. The molecule has 3 rings (SSSR count). The molecule has 38 heavy (non-hydrogen) atoms. The second kappa shape index (κ2) is 14.9. The molecule has 0 aliphatic heterocycles. The van der Waals surface area contributed by atoms with Crippen molar-refractivity contribution in [3.8, 4) is 5.88 Å². The smallest absolute Gasteiger partial charge is 0.421 e. The fourth-order valence-corrected chi connectivity index (χ4v) is 3.22. The molecule has 0 saturated carbocycles. The van der Waals surface area contributed by atoms with Crippen LogP contribution >= 0.6 is 0 Å². The average molecular weight is 530 g/mol. The van der Waals surface area contributed by atoms with E-state index in [2.05, 4.69) is 35.3 Å². The van der Waals surface area contributed by atoms with E-state index in [1.54, 1.807) is 0 Å². The molecule has 2 aromatic heterocycles. The Kier molecular flexibility index (Phi) is 11.0. The largest absolute Gasteiger partial charge is 0.471 e. The first-order chi connectivity index (χ1) is 18.4. The highest BCUT2D eigenvalue weighted by Gasteiger charge is 2.10. The van der Waals surface area contributed by atoms with Crippen LogP contribution in [-0.2, 0) is 32.2 Å². The summed E-state index contributed by atoms with van der Waals surface area (Å²) in [6.45, 7) is 1.47. The second-order valence-electron chi connectivity index (χ2n) is 7.96. The molecular weight excluding hydrogens is 498 g/mol. The molecule has 3 amide bonds. The van der Waals surface area contributed by atoms with E-state index in [9.17, 15) is 14.4 Å². The monoisotopic (exact) mass is 529 g/mol. The summed E-state index contributed by atoms with van der Waals surface area (Å²) in [4.78, 5) is 49.9. The van der Waals surface area contributed by atoms with Gasteiger partial charge in [-0.05, 0) is 17.5 Å². The summed E-state index contributed by atoms with van der Waals surface area (Å²) >= 11 is 0. The van der Waals surface area contributed by atoms with E-state index in [0.29, 0.717) is 36.6 Å². The lowest BCUT2D eigenvalue weighted by atomic mass is 10.1. The first-order valence-electron chi connectivity index (χ1n) is 11.9. The number of H-pyrrole nitrogens is 1.